The molecule has 0 saturated heterocycles. The van der Waals surface area contributed by atoms with Gasteiger partial charge in [-0.05, 0) is 31.6 Å². The molecule has 4 atom stereocenters. The van der Waals surface area contributed by atoms with E-state index in [-0.39, 0.29) is 18.5 Å². The van der Waals surface area contributed by atoms with Gasteiger partial charge in [-0.3, -0.25) is 4.79 Å². The van der Waals surface area contributed by atoms with Gasteiger partial charge in [-0.15, -0.1) is 0 Å². The van der Waals surface area contributed by atoms with Gasteiger partial charge in [0.1, 0.15) is 6.10 Å². The van der Waals surface area contributed by atoms with Crippen LogP contribution in [-0.4, -0.2) is 34.5 Å². The normalized spacial score (nSPS) is 16.2. The largest absolute Gasteiger partial charge is 0.462 e. The van der Waals surface area contributed by atoms with Crippen LogP contribution in [-0.2, 0) is 9.53 Å². The molecule has 0 amide bonds. The van der Waals surface area contributed by atoms with Crippen molar-refractivity contribution in [2.24, 2.45) is 5.92 Å². The molecule has 0 aliphatic heterocycles. The van der Waals surface area contributed by atoms with Crippen molar-refractivity contribution in [3.05, 3.63) is 0 Å². The monoisotopic (exact) mass is 358 g/mol. The van der Waals surface area contributed by atoms with Crippen LogP contribution in [0.2, 0.25) is 0 Å². The van der Waals surface area contributed by atoms with Gasteiger partial charge in [0, 0.05) is 6.42 Å². The molecular weight excluding hydrogens is 316 g/mol. The molecule has 150 valence electrons. The molecule has 0 heterocycles. The summed E-state index contributed by atoms with van der Waals surface area (Å²) in [5.74, 6) is 0.0923. The number of esters is 1. The van der Waals surface area contributed by atoms with Gasteiger partial charge in [-0.25, -0.2) is 0 Å². The summed E-state index contributed by atoms with van der Waals surface area (Å²) in [5, 5.41) is 20.0. The summed E-state index contributed by atoms with van der Waals surface area (Å²) < 4.78 is 5.56. The van der Waals surface area contributed by atoms with Gasteiger partial charge >= 0.3 is 5.97 Å². The number of aliphatic hydroxyl groups excluding tert-OH is 2. The summed E-state index contributed by atoms with van der Waals surface area (Å²) in [6.45, 7) is 8.39. The summed E-state index contributed by atoms with van der Waals surface area (Å²) in [7, 11) is 0. The molecule has 0 aliphatic rings. The highest BCUT2D eigenvalue weighted by Crippen LogP contribution is 2.19. The second kappa shape index (κ2) is 15.6. The van der Waals surface area contributed by atoms with E-state index in [0.29, 0.717) is 25.2 Å². The molecule has 0 aromatic heterocycles. The topological polar surface area (TPSA) is 66.8 Å². The Morgan fingerprint density at radius 1 is 0.880 bits per heavy atom. The molecule has 0 fully saturated rings. The Morgan fingerprint density at radius 2 is 1.48 bits per heavy atom. The predicted octanol–water partition coefficient (Wildman–Crippen LogP) is 5.00. The van der Waals surface area contributed by atoms with Crippen LogP contribution in [0.15, 0.2) is 0 Å². The molecule has 2 N–H and O–H groups in total. The fraction of sp³-hybridized carbons (Fsp3) is 0.952. The molecule has 0 unspecified atom stereocenters. The van der Waals surface area contributed by atoms with E-state index in [1.54, 1.807) is 0 Å². The van der Waals surface area contributed by atoms with Crippen LogP contribution in [0.4, 0.5) is 0 Å². The molecule has 0 rings (SSSR count). The molecular formula is C21H42O4. The Morgan fingerprint density at radius 3 is 2.04 bits per heavy atom. The van der Waals surface area contributed by atoms with E-state index < -0.39 is 12.2 Å². The zero-order chi connectivity index (χ0) is 19.1. The number of rotatable bonds is 16. The van der Waals surface area contributed by atoms with Crippen LogP contribution in [0.3, 0.4) is 0 Å². The lowest BCUT2D eigenvalue weighted by atomic mass is 9.96. The molecule has 0 spiro atoms. The molecule has 25 heavy (non-hydrogen) atoms. The Kier molecular flexibility index (Phi) is 15.2. The van der Waals surface area contributed by atoms with Crippen molar-refractivity contribution in [2.45, 2.75) is 123 Å². The first kappa shape index (κ1) is 24.4. The first-order valence-electron chi connectivity index (χ1n) is 10.5. The quantitative estimate of drug-likeness (QED) is 0.301. The fourth-order valence-corrected chi connectivity index (χ4v) is 3.15. The van der Waals surface area contributed by atoms with Crippen molar-refractivity contribution < 1.29 is 19.7 Å². The summed E-state index contributed by atoms with van der Waals surface area (Å²) in [4.78, 5) is 12.1. The third-order valence-electron chi connectivity index (χ3n) is 4.81. The van der Waals surface area contributed by atoms with E-state index in [9.17, 15) is 15.0 Å². The minimum Gasteiger partial charge on any atom is -0.462 e. The molecule has 4 heteroatoms. The molecule has 0 aliphatic carbocycles. The average Bonchev–Trinajstić information content (AvgIpc) is 2.54. The summed E-state index contributed by atoms with van der Waals surface area (Å²) in [6.07, 6.45) is 9.30. The average molecular weight is 359 g/mol. The Hall–Kier alpha value is -0.610. The standard InChI is InChI=1S/C21H42O4/c1-5-8-10-12-17(4)14-19(23)16-21(24)25-20(13-11-9-6-2)15-18(22)7-3/h17-20,22-23H,5-16H2,1-4H3/t17-,18+,19-,20-/m1/s1. The highest BCUT2D eigenvalue weighted by Gasteiger charge is 2.21. The van der Waals surface area contributed by atoms with Gasteiger partial charge in [-0.2, -0.15) is 0 Å². The van der Waals surface area contributed by atoms with Crippen LogP contribution in [0.25, 0.3) is 0 Å². The fourth-order valence-electron chi connectivity index (χ4n) is 3.15. The van der Waals surface area contributed by atoms with E-state index in [1.165, 1.54) is 19.3 Å². The van der Waals surface area contributed by atoms with Gasteiger partial charge in [0.15, 0.2) is 0 Å². The van der Waals surface area contributed by atoms with Crippen molar-refractivity contribution in [2.75, 3.05) is 0 Å². The summed E-state index contributed by atoms with van der Waals surface area (Å²) in [6, 6.07) is 0. The first-order valence-corrected chi connectivity index (χ1v) is 10.5. The van der Waals surface area contributed by atoms with Crippen molar-refractivity contribution >= 4 is 5.97 Å². The summed E-state index contributed by atoms with van der Waals surface area (Å²) in [5.41, 5.74) is 0. The highest BCUT2D eigenvalue weighted by atomic mass is 16.5. The third-order valence-corrected chi connectivity index (χ3v) is 4.81. The molecule has 0 aromatic rings. The second-order valence-corrected chi connectivity index (χ2v) is 7.60. The van der Waals surface area contributed by atoms with Crippen molar-refractivity contribution in [3.8, 4) is 0 Å². The molecule has 0 radical (unpaired) electrons. The van der Waals surface area contributed by atoms with Crippen molar-refractivity contribution in [1.82, 2.24) is 0 Å². The molecule has 0 aromatic carbocycles. The van der Waals surface area contributed by atoms with E-state index in [2.05, 4.69) is 20.8 Å². The molecule has 4 nitrogen and oxygen atoms in total. The van der Waals surface area contributed by atoms with Crippen molar-refractivity contribution in [3.63, 3.8) is 0 Å². The lowest BCUT2D eigenvalue weighted by Gasteiger charge is -2.22. The Labute approximate surface area is 155 Å². The number of ether oxygens (including phenoxy) is 1. The number of hydrogen-bond acceptors (Lipinski definition) is 4. The smallest absolute Gasteiger partial charge is 0.308 e. The van der Waals surface area contributed by atoms with Crippen LogP contribution in [0.5, 0.6) is 0 Å². The maximum Gasteiger partial charge on any atom is 0.308 e. The number of carbonyl (C=O) groups excluding carboxylic acids is 1. The number of aliphatic hydroxyl groups is 2. The molecule has 0 saturated carbocycles. The van der Waals surface area contributed by atoms with Crippen LogP contribution in [0.1, 0.15) is 105 Å². The van der Waals surface area contributed by atoms with Crippen LogP contribution < -0.4 is 0 Å². The lowest BCUT2D eigenvalue weighted by Crippen LogP contribution is -2.26. The van der Waals surface area contributed by atoms with E-state index >= 15 is 0 Å². The lowest BCUT2D eigenvalue weighted by molar-refractivity contribution is -0.153. The third kappa shape index (κ3) is 14.3. The van der Waals surface area contributed by atoms with Crippen molar-refractivity contribution in [1.29, 1.82) is 0 Å². The zero-order valence-corrected chi connectivity index (χ0v) is 17.0. The van der Waals surface area contributed by atoms with E-state index in [4.69, 9.17) is 4.74 Å². The second-order valence-electron chi connectivity index (χ2n) is 7.60. The van der Waals surface area contributed by atoms with Crippen LogP contribution >= 0.6 is 0 Å². The van der Waals surface area contributed by atoms with Gasteiger partial charge in [0.05, 0.1) is 18.6 Å². The first-order chi connectivity index (χ1) is 11.9. The van der Waals surface area contributed by atoms with E-state index in [0.717, 1.165) is 32.1 Å². The predicted molar refractivity (Wildman–Crippen MR) is 103 cm³/mol. The minimum absolute atomic E-state index is 0.0601. The van der Waals surface area contributed by atoms with Gasteiger partial charge in [0.25, 0.3) is 0 Å². The van der Waals surface area contributed by atoms with Gasteiger partial charge in [-0.1, -0.05) is 66.2 Å². The summed E-state index contributed by atoms with van der Waals surface area (Å²) >= 11 is 0. The number of unbranched alkanes of at least 4 members (excludes halogenated alkanes) is 4. The zero-order valence-electron chi connectivity index (χ0n) is 17.0. The highest BCUT2D eigenvalue weighted by molar-refractivity contribution is 5.70. The molecule has 0 bridgehead atoms. The van der Waals surface area contributed by atoms with Crippen LogP contribution in [0, 0.1) is 5.92 Å². The maximum atomic E-state index is 12.1. The number of hydrogen-bond donors (Lipinski definition) is 2. The van der Waals surface area contributed by atoms with Gasteiger partial charge in [0.2, 0.25) is 0 Å². The Bertz CT molecular complexity index is 319. The SMILES string of the molecule is CCCCC[C@@H](C)C[C@@H](O)CC(=O)O[C@H](CCCCC)C[C@@H](O)CC. The van der Waals surface area contributed by atoms with E-state index in [1.807, 2.05) is 6.92 Å². The minimum atomic E-state index is -0.628. The van der Waals surface area contributed by atoms with Gasteiger partial charge < -0.3 is 14.9 Å². The Balaban J connectivity index is 4.23. The maximum absolute atomic E-state index is 12.1. The number of carbonyl (C=O) groups is 1.